The van der Waals surface area contributed by atoms with Gasteiger partial charge in [-0.1, -0.05) is 141 Å². The number of carbonyl (C=O) groups is 2. The fraction of sp³-hybridized carbons (Fsp3) is 0.833. The molecule has 0 amide bonds. The molecule has 0 radical (unpaired) electrons. The quantitative estimate of drug-likeness (QED) is 0.0195. The van der Waals surface area contributed by atoms with Crippen molar-refractivity contribution in [3.8, 4) is 0 Å². The monoisotopic (exact) mass is 668 g/mol. The molecule has 0 aromatic heterocycles. The van der Waals surface area contributed by atoms with E-state index in [-0.39, 0.29) is 41.5 Å². The van der Waals surface area contributed by atoms with Crippen molar-refractivity contribution in [2.45, 2.75) is 194 Å². The van der Waals surface area contributed by atoms with Crippen LogP contribution in [0.15, 0.2) is 24.3 Å². The van der Waals surface area contributed by atoms with E-state index < -0.39 is 10.4 Å². The van der Waals surface area contributed by atoms with Crippen molar-refractivity contribution in [1.29, 1.82) is 0 Å². The van der Waals surface area contributed by atoms with Crippen molar-refractivity contribution in [1.82, 2.24) is 0 Å². The summed E-state index contributed by atoms with van der Waals surface area (Å²) in [7, 11) is -4.67. The third kappa shape index (κ3) is 53.3. The van der Waals surface area contributed by atoms with E-state index in [1.165, 1.54) is 128 Å². The van der Waals surface area contributed by atoms with Crippen LogP contribution in [0.25, 0.3) is 0 Å². The molecule has 0 unspecified atom stereocenters. The van der Waals surface area contributed by atoms with Crippen molar-refractivity contribution < 1.29 is 31.8 Å². The number of rotatable bonds is 30. The van der Waals surface area contributed by atoms with E-state index >= 15 is 0 Å². The molecule has 0 rings (SSSR count). The average Bonchev–Trinajstić information content (AvgIpc) is 2.96. The second-order valence-corrected chi connectivity index (χ2v) is 12.9. The second-order valence-electron chi connectivity index (χ2n) is 12.0. The molecule has 0 aliphatic carbocycles. The number of hydrogen-bond acceptors (Lipinski definition) is 5. The summed E-state index contributed by atoms with van der Waals surface area (Å²) in [5.41, 5.74) is 0. The van der Waals surface area contributed by atoms with Crippen LogP contribution in [0.5, 0.6) is 0 Å². The Kier molecular flexibility index (Phi) is 43.1. The summed E-state index contributed by atoms with van der Waals surface area (Å²) in [5, 5.41) is 0. The summed E-state index contributed by atoms with van der Waals surface area (Å²) in [6.45, 7) is 4.53. The van der Waals surface area contributed by atoms with Gasteiger partial charge in [0.1, 0.15) is 0 Å². The Morgan fingerprint density at radius 3 is 0.956 bits per heavy atom. The first-order valence-electron chi connectivity index (χ1n) is 17.9. The zero-order valence-corrected chi connectivity index (χ0v) is 29.3. The van der Waals surface area contributed by atoms with Gasteiger partial charge in [-0.2, -0.15) is 8.42 Å². The van der Waals surface area contributed by atoms with Crippen LogP contribution in [0.4, 0.5) is 0 Å². The SMILES string of the molecule is CCCCCCCCC=CCCCCCCCC(=O)OC(=O)CCCCCCCC=CCCCCCCCC.O=S(=O)(O)O.[NaH]. The molecule has 9 heteroatoms. The van der Waals surface area contributed by atoms with Crippen molar-refractivity contribution in [2.75, 3.05) is 0 Å². The summed E-state index contributed by atoms with van der Waals surface area (Å²) in [4.78, 5) is 23.8. The molecule has 7 nitrogen and oxygen atoms in total. The number of unbranched alkanes of at least 4 members (excludes halogenated alkanes) is 22. The van der Waals surface area contributed by atoms with Crippen LogP contribution < -0.4 is 0 Å². The van der Waals surface area contributed by atoms with Gasteiger partial charge < -0.3 is 4.74 Å². The molecule has 0 aliphatic rings. The first-order chi connectivity index (χ1) is 21.2. The number of allylic oxidation sites excluding steroid dienone is 4. The van der Waals surface area contributed by atoms with Crippen LogP contribution in [0.2, 0.25) is 0 Å². The fourth-order valence-electron chi connectivity index (χ4n) is 4.91. The molecule has 0 bridgehead atoms. The van der Waals surface area contributed by atoms with Gasteiger partial charge in [0.25, 0.3) is 0 Å². The maximum atomic E-state index is 11.9. The van der Waals surface area contributed by atoms with Gasteiger partial charge in [0.2, 0.25) is 0 Å². The van der Waals surface area contributed by atoms with Gasteiger partial charge >= 0.3 is 51.9 Å². The van der Waals surface area contributed by atoms with Gasteiger partial charge in [-0.3, -0.25) is 18.7 Å². The fourth-order valence-corrected chi connectivity index (χ4v) is 4.91. The minimum absolute atomic E-state index is 0. The van der Waals surface area contributed by atoms with Gasteiger partial charge in [0, 0.05) is 12.8 Å². The average molecular weight is 669 g/mol. The molecule has 0 heterocycles. The third-order valence-corrected chi connectivity index (χ3v) is 7.51. The van der Waals surface area contributed by atoms with E-state index in [4.69, 9.17) is 22.3 Å². The molecule has 262 valence electrons. The molecule has 0 fully saturated rings. The Balaban J connectivity index is -0.00000270. The summed E-state index contributed by atoms with van der Waals surface area (Å²) >= 11 is 0. The number of carbonyl (C=O) groups excluding carboxylic acids is 2. The maximum absolute atomic E-state index is 11.9. The molecule has 0 aromatic carbocycles. The van der Waals surface area contributed by atoms with Crippen molar-refractivity contribution in [3.05, 3.63) is 24.3 Å². The van der Waals surface area contributed by atoms with Crippen molar-refractivity contribution >= 4 is 51.9 Å². The first-order valence-corrected chi connectivity index (χ1v) is 19.3. The summed E-state index contributed by atoms with van der Waals surface area (Å²) in [6.07, 6.45) is 42.2. The Morgan fingerprint density at radius 1 is 0.467 bits per heavy atom. The zero-order valence-electron chi connectivity index (χ0n) is 28.5. The summed E-state index contributed by atoms with van der Waals surface area (Å²) in [6, 6.07) is 0. The van der Waals surface area contributed by atoms with E-state index in [0.717, 1.165) is 38.5 Å². The van der Waals surface area contributed by atoms with E-state index in [0.29, 0.717) is 12.8 Å². The topological polar surface area (TPSA) is 118 Å². The van der Waals surface area contributed by atoms with Crippen LogP contribution in [-0.4, -0.2) is 59.0 Å². The zero-order chi connectivity index (χ0) is 33.0. The van der Waals surface area contributed by atoms with Crippen molar-refractivity contribution in [3.63, 3.8) is 0 Å². The Morgan fingerprint density at radius 2 is 0.689 bits per heavy atom. The minimum atomic E-state index is -4.67. The Bertz CT molecular complexity index is 739. The van der Waals surface area contributed by atoms with E-state index in [1.807, 2.05) is 0 Å². The normalized spacial score (nSPS) is 11.4. The summed E-state index contributed by atoms with van der Waals surface area (Å²) in [5.74, 6) is -0.684. The van der Waals surface area contributed by atoms with Crippen LogP contribution in [0.1, 0.15) is 194 Å². The molecule has 0 aromatic rings. The standard InChI is InChI=1S/C36H66O3.Na.H2O4S.H/c1-3-5-7-9-11-13-15-17-19-21-23-25-27-29-31-33-35(37)39-36(38)34-32-30-28-26-24-22-20-18-16-14-12-10-8-6-4-2;;1-5(2,3)4;/h17-20H,3-16,21-34H2,1-2H3;;(H2,1,2,3,4);. The van der Waals surface area contributed by atoms with Gasteiger partial charge in [0.15, 0.2) is 0 Å². The molecule has 0 spiro atoms. The van der Waals surface area contributed by atoms with Crippen LogP contribution >= 0.6 is 0 Å². The molecular weight excluding hydrogens is 599 g/mol. The van der Waals surface area contributed by atoms with Crippen LogP contribution in [-0.2, 0) is 24.7 Å². The van der Waals surface area contributed by atoms with Crippen LogP contribution in [0, 0.1) is 0 Å². The van der Waals surface area contributed by atoms with Gasteiger partial charge in [0.05, 0.1) is 0 Å². The summed E-state index contributed by atoms with van der Waals surface area (Å²) < 4.78 is 36.6. The van der Waals surface area contributed by atoms with Gasteiger partial charge in [-0.15, -0.1) is 0 Å². The molecule has 0 aliphatic heterocycles. The van der Waals surface area contributed by atoms with E-state index in [1.54, 1.807) is 0 Å². The predicted octanol–water partition coefficient (Wildman–Crippen LogP) is 10.8. The molecular formula is C36H69NaO7S. The van der Waals surface area contributed by atoms with E-state index in [2.05, 4.69) is 38.2 Å². The Hall–Kier alpha value is -0.510. The molecule has 0 atom stereocenters. The third-order valence-electron chi connectivity index (χ3n) is 7.51. The van der Waals surface area contributed by atoms with Crippen molar-refractivity contribution in [2.24, 2.45) is 0 Å². The molecule has 0 saturated carbocycles. The molecule has 45 heavy (non-hydrogen) atoms. The number of hydrogen-bond donors (Lipinski definition) is 2. The van der Waals surface area contributed by atoms with Crippen LogP contribution in [0.3, 0.4) is 0 Å². The number of esters is 2. The molecule has 0 saturated heterocycles. The second kappa shape index (κ2) is 39.7. The van der Waals surface area contributed by atoms with E-state index in [9.17, 15) is 9.59 Å². The molecule has 2 N–H and O–H groups in total. The first kappa shape index (κ1) is 48.9. The number of ether oxygens (including phenoxy) is 1. The van der Waals surface area contributed by atoms with Gasteiger partial charge in [-0.25, -0.2) is 0 Å². The predicted molar refractivity (Wildman–Crippen MR) is 191 cm³/mol. The van der Waals surface area contributed by atoms with Gasteiger partial charge in [-0.05, 0) is 64.2 Å². The Labute approximate surface area is 300 Å².